The third-order valence-electron chi connectivity index (χ3n) is 4.24. The number of hydrogen-bond acceptors (Lipinski definition) is 5. The number of nitrogens with zero attached hydrogens (tertiary/aromatic N) is 4. The minimum atomic E-state index is -0.988. The number of aryl methyl sites for hydroxylation is 2. The average molecular weight is 373 g/mol. The van der Waals surface area contributed by atoms with E-state index in [1.165, 1.54) is 13.1 Å². The van der Waals surface area contributed by atoms with Gasteiger partial charge in [0.2, 0.25) is 0 Å². The number of nitrogens with two attached hydrogens (primary N) is 1. The molecule has 2 N–H and O–H groups in total. The second-order valence-corrected chi connectivity index (χ2v) is 5.97. The van der Waals surface area contributed by atoms with Gasteiger partial charge in [-0.2, -0.15) is 15.3 Å². The van der Waals surface area contributed by atoms with Gasteiger partial charge in [0.15, 0.2) is 17.4 Å². The molecule has 27 heavy (non-hydrogen) atoms. The molecule has 3 aromatic rings. The Morgan fingerprint density at radius 1 is 1.15 bits per heavy atom. The molecule has 0 bridgehead atoms. The Labute approximate surface area is 153 Å². The summed E-state index contributed by atoms with van der Waals surface area (Å²) in [6, 6.07) is 8.70. The summed E-state index contributed by atoms with van der Waals surface area (Å²) in [6.07, 6.45) is 0. The first kappa shape index (κ1) is 18.5. The van der Waals surface area contributed by atoms with Crippen LogP contribution in [0.2, 0.25) is 0 Å². The monoisotopic (exact) mass is 373 g/mol. The van der Waals surface area contributed by atoms with Crippen LogP contribution in [-0.4, -0.2) is 19.8 Å². The summed E-state index contributed by atoms with van der Waals surface area (Å²) in [6.45, 7) is 3.46. The predicted octanol–water partition coefficient (Wildman–Crippen LogP) is 2.33. The molecule has 1 aromatic heterocycles. The number of tetrazole rings is 1. The number of allylic oxidation sites excluding steroid dienone is 1. The minimum Gasteiger partial charge on any atom is -0.410 e. The summed E-state index contributed by atoms with van der Waals surface area (Å²) in [5.41, 5.74) is 2.02. The molecule has 0 saturated heterocycles. The molecule has 2 aromatic carbocycles. The molecule has 0 spiro atoms. The van der Waals surface area contributed by atoms with Gasteiger partial charge in [0.05, 0.1) is 5.69 Å². The maximum absolute atomic E-state index is 13.7. The molecule has 0 aliphatic rings. The Morgan fingerprint density at radius 2 is 1.89 bits per heavy atom. The summed E-state index contributed by atoms with van der Waals surface area (Å²) >= 11 is 0. The largest absolute Gasteiger partial charge is 0.410 e. The zero-order valence-electron chi connectivity index (χ0n) is 14.9. The first-order valence-corrected chi connectivity index (χ1v) is 7.97. The SMILES string of the molecule is C/C(=C(\ON)c1c(C)cccc1-n1nnn(C)c1=O)c1ccc(F)c(F)c1. The lowest BCUT2D eigenvalue weighted by Gasteiger charge is -2.16. The van der Waals surface area contributed by atoms with Crippen LogP contribution in [-0.2, 0) is 11.9 Å². The summed E-state index contributed by atoms with van der Waals surface area (Å²) in [5, 5.41) is 7.56. The van der Waals surface area contributed by atoms with Gasteiger partial charge in [0, 0.05) is 18.2 Å². The van der Waals surface area contributed by atoms with Crippen molar-refractivity contribution in [2.75, 3.05) is 0 Å². The van der Waals surface area contributed by atoms with Gasteiger partial charge in [0.1, 0.15) is 0 Å². The third-order valence-corrected chi connectivity index (χ3v) is 4.24. The van der Waals surface area contributed by atoms with Gasteiger partial charge in [-0.05, 0) is 53.6 Å². The van der Waals surface area contributed by atoms with Crippen molar-refractivity contribution in [3.8, 4) is 5.69 Å². The van der Waals surface area contributed by atoms with Crippen molar-refractivity contribution in [2.45, 2.75) is 13.8 Å². The molecule has 1 heterocycles. The van der Waals surface area contributed by atoms with Crippen LogP contribution in [0.15, 0.2) is 41.2 Å². The number of aromatic nitrogens is 4. The average Bonchev–Trinajstić information content (AvgIpc) is 2.98. The Kier molecular flexibility index (Phi) is 4.87. The summed E-state index contributed by atoms with van der Waals surface area (Å²) in [5.74, 6) is 3.77. The molecular weight excluding hydrogens is 356 g/mol. The fourth-order valence-corrected chi connectivity index (χ4v) is 2.78. The fraction of sp³-hybridized carbons (Fsp3) is 0.167. The molecule has 0 amide bonds. The molecule has 140 valence electrons. The normalized spacial score (nSPS) is 12.1. The lowest BCUT2D eigenvalue weighted by molar-refractivity contribution is 0.291. The third kappa shape index (κ3) is 3.24. The summed E-state index contributed by atoms with van der Waals surface area (Å²) < 4.78 is 29.1. The van der Waals surface area contributed by atoms with Gasteiger partial charge in [-0.15, -0.1) is 0 Å². The summed E-state index contributed by atoms with van der Waals surface area (Å²) in [4.78, 5) is 17.4. The first-order valence-electron chi connectivity index (χ1n) is 7.97. The molecule has 0 atom stereocenters. The van der Waals surface area contributed by atoms with E-state index in [0.29, 0.717) is 22.4 Å². The van der Waals surface area contributed by atoms with Crippen molar-refractivity contribution in [1.29, 1.82) is 0 Å². The standard InChI is InChI=1S/C18H17F2N5O2/c1-10-5-4-6-15(25-18(26)24(3)22-23-25)16(10)17(27-21)11(2)12-7-8-13(19)14(20)9-12/h4-9H,21H2,1-3H3/b17-11+. The molecule has 0 unspecified atom stereocenters. The van der Waals surface area contributed by atoms with Crippen molar-refractivity contribution in [3.05, 3.63) is 75.2 Å². The van der Waals surface area contributed by atoms with Crippen LogP contribution in [0.4, 0.5) is 8.78 Å². The van der Waals surface area contributed by atoms with Crippen molar-refractivity contribution in [1.82, 2.24) is 19.8 Å². The Balaban J connectivity index is 2.28. The molecule has 0 fully saturated rings. The van der Waals surface area contributed by atoms with E-state index >= 15 is 0 Å². The highest BCUT2D eigenvalue weighted by Gasteiger charge is 2.20. The van der Waals surface area contributed by atoms with E-state index in [1.54, 1.807) is 32.0 Å². The first-order chi connectivity index (χ1) is 12.8. The minimum absolute atomic E-state index is 0.201. The van der Waals surface area contributed by atoms with Crippen LogP contribution in [0.3, 0.4) is 0 Å². The van der Waals surface area contributed by atoms with E-state index in [1.807, 2.05) is 0 Å². The van der Waals surface area contributed by atoms with E-state index in [0.717, 1.165) is 27.1 Å². The fourth-order valence-electron chi connectivity index (χ4n) is 2.78. The Hall–Kier alpha value is -3.33. The molecule has 9 heteroatoms. The van der Waals surface area contributed by atoms with Crippen LogP contribution >= 0.6 is 0 Å². The lowest BCUT2D eigenvalue weighted by Crippen LogP contribution is -2.23. The van der Waals surface area contributed by atoms with Crippen LogP contribution in [0.25, 0.3) is 17.0 Å². The van der Waals surface area contributed by atoms with Gasteiger partial charge in [-0.3, -0.25) is 0 Å². The maximum atomic E-state index is 13.7. The predicted molar refractivity (Wildman–Crippen MR) is 95.5 cm³/mol. The maximum Gasteiger partial charge on any atom is 0.368 e. The number of benzene rings is 2. The highest BCUT2D eigenvalue weighted by molar-refractivity contribution is 5.89. The molecule has 0 saturated carbocycles. The molecule has 3 rings (SSSR count). The molecule has 0 aliphatic heterocycles. The molecule has 7 nitrogen and oxygen atoms in total. The molecular formula is C18H17F2N5O2. The molecule has 0 aliphatic carbocycles. The zero-order chi connectivity index (χ0) is 19.7. The van der Waals surface area contributed by atoms with Gasteiger partial charge in [0.25, 0.3) is 0 Å². The van der Waals surface area contributed by atoms with Crippen molar-refractivity contribution in [2.24, 2.45) is 12.9 Å². The van der Waals surface area contributed by atoms with Crippen molar-refractivity contribution >= 4 is 11.3 Å². The van der Waals surface area contributed by atoms with Crippen LogP contribution in [0.1, 0.15) is 23.6 Å². The van der Waals surface area contributed by atoms with Crippen LogP contribution in [0, 0.1) is 18.6 Å². The van der Waals surface area contributed by atoms with Crippen molar-refractivity contribution in [3.63, 3.8) is 0 Å². The van der Waals surface area contributed by atoms with E-state index < -0.39 is 17.3 Å². The lowest BCUT2D eigenvalue weighted by atomic mass is 9.98. The number of halogens is 2. The number of rotatable bonds is 4. The second-order valence-electron chi connectivity index (χ2n) is 5.97. The smallest absolute Gasteiger partial charge is 0.368 e. The van der Waals surface area contributed by atoms with Gasteiger partial charge in [-0.1, -0.05) is 18.2 Å². The second kappa shape index (κ2) is 7.12. The van der Waals surface area contributed by atoms with E-state index in [2.05, 4.69) is 10.4 Å². The van der Waals surface area contributed by atoms with Gasteiger partial charge in [-0.25, -0.2) is 13.6 Å². The van der Waals surface area contributed by atoms with E-state index in [-0.39, 0.29) is 5.76 Å². The van der Waals surface area contributed by atoms with Crippen LogP contribution < -0.4 is 11.6 Å². The quantitative estimate of drug-likeness (QED) is 0.431. The zero-order valence-corrected chi connectivity index (χ0v) is 14.9. The topological polar surface area (TPSA) is 88.0 Å². The van der Waals surface area contributed by atoms with Gasteiger partial charge >= 0.3 is 5.69 Å². The summed E-state index contributed by atoms with van der Waals surface area (Å²) in [7, 11) is 1.48. The van der Waals surface area contributed by atoms with Crippen molar-refractivity contribution < 1.29 is 13.6 Å². The van der Waals surface area contributed by atoms with Crippen LogP contribution in [0.5, 0.6) is 0 Å². The highest BCUT2D eigenvalue weighted by Crippen LogP contribution is 2.32. The Bertz CT molecular complexity index is 1100. The Morgan fingerprint density at radius 3 is 2.48 bits per heavy atom. The number of hydrogen-bond donors (Lipinski definition) is 1. The van der Waals surface area contributed by atoms with E-state index in [9.17, 15) is 13.6 Å². The van der Waals surface area contributed by atoms with E-state index in [4.69, 9.17) is 10.7 Å². The molecule has 0 radical (unpaired) electrons. The highest BCUT2D eigenvalue weighted by atomic mass is 19.2. The van der Waals surface area contributed by atoms with Gasteiger partial charge < -0.3 is 4.84 Å².